The van der Waals surface area contributed by atoms with Crippen molar-refractivity contribution in [2.45, 2.75) is 0 Å². The van der Waals surface area contributed by atoms with Crippen LogP contribution in [0.4, 0.5) is 0 Å². The number of hydrogen-bond donors (Lipinski definition) is 2. The SMILES string of the molecule is [CH2-]N(CCO)CCO. The Balaban J connectivity index is 2.92. The van der Waals surface area contributed by atoms with Crippen molar-refractivity contribution in [3.8, 4) is 0 Å². The molecule has 0 spiro atoms. The molecule has 8 heavy (non-hydrogen) atoms. The largest absolute Gasteiger partial charge is 0.455 e. The van der Waals surface area contributed by atoms with Gasteiger partial charge in [-0.15, -0.1) is 0 Å². The van der Waals surface area contributed by atoms with Crippen molar-refractivity contribution < 1.29 is 10.2 Å². The van der Waals surface area contributed by atoms with Crippen LogP contribution in [0.2, 0.25) is 0 Å². The molecule has 3 nitrogen and oxygen atoms in total. The number of nitrogens with zero attached hydrogens (tertiary/aromatic N) is 1. The molecule has 3 heteroatoms. The van der Waals surface area contributed by atoms with Gasteiger partial charge in [0.15, 0.2) is 0 Å². The normalized spacial score (nSPS) is 10.5. The van der Waals surface area contributed by atoms with Crippen molar-refractivity contribution in [2.24, 2.45) is 0 Å². The van der Waals surface area contributed by atoms with E-state index in [0.717, 1.165) is 0 Å². The second-order valence-electron chi connectivity index (χ2n) is 1.57. The lowest BCUT2D eigenvalue weighted by Gasteiger charge is -2.21. The quantitative estimate of drug-likeness (QED) is 0.468. The molecule has 0 rings (SSSR count). The Hall–Kier alpha value is -0.120. The van der Waals surface area contributed by atoms with Crippen molar-refractivity contribution in [3.05, 3.63) is 7.05 Å². The summed E-state index contributed by atoms with van der Waals surface area (Å²) in [6.07, 6.45) is 0. The van der Waals surface area contributed by atoms with Crippen molar-refractivity contribution in [3.63, 3.8) is 0 Å². The maximum atomic E-state index is 8.30. The number of aliphatic hydroxyl groups excluding tert-OH is 2. The van der Waals surface area contributed by atoms with Crippen molar-refractivity contribution in [2.75, 3.05) is 26.3 Å². The standard InChI is InChI=1S/C5H12NO2/c1-6(2-4-7)3-5-8/h7-8H,1-5H2/q-1. The van der Waals surface area contributed by atoms with Gasteiger partial charge in [0, 0.05) is 0 Å². The van der Waals surface area contributed by atoms with E-state index in [2.05, 4.69) is 7.05 Å². The average molecular weight is 118 g/mol. The first kappa shape index (κ1) is 7.88. The third kappa shape index (κ3) is 4.05. The third-order valence-electron chi connectivity index (χ3n) is 0.832. The highest BCUT2D eigenvalue weighted by Crippen LogP contribution is 1.79. The molecule has 2 N–H and O–H groups in total. The molecule has 0 bridgehead atoms. The summed E-state index contributed by atoms with van der Waals surface area (Å²) >= 11 is 0. The van der Waals surface area contributed by atoms with Gasteiger partial charge < -0.3 is 15.1 Å². The Morgan fingerprint density at radius 3 is 1.75 bits per heavy atom. The van der Waals surface area contributed by atoms with E-state index >= 15 is 0 Å². The Kier molecular flexibility index (Phi) is 4.95. The van der Waals surface area contributed by atoms with E-state index in [4.69, 9.17) is 10.2 Å². The van der Waals surface area contributed by atoms with Crippen molar-refractivity contribution >= 4 is 0 Å². The number of rotatable bonds is 4. The maximum absolute atomic E-state index is 8.30. The van der Waals surface area contributed by atoms with Crippen LogP contribution in [-0.4, -0.2) is 41.4 Å². The summed E-state index contributed by atoms with van der Waals surface area (Å²) in [6, 6.07) is 0. The van der Waals surface area contributed by atoms with Gasteiger partial charge in [0.25, 0.3) is 0 Å². The summed E-state index contributed by atoms with van der Waals surface area (Å²) in [5, 5.41) is 16.6. The van der Waals surface area contributed by atoms with Crippen LogP contribution >= 0.6 is 0 Å². The van der Waals surface area contributed by atoms with Crippen LogP contribution < -0.4 is 0 Å². The van der Waals surface area contributed by atoms with E-state index in [1.54, 1.807) is 4.90 Å². The highest BCUT2D eigenvalue weighted by Gasteiger charge is 1.84. The minimum absolute atomic E-state index is 0.101. The van der Waals surface area contributed by atoms with E-state index in [-0.39, 0.29) is 13.2 Å². The first-order valence-corrected chi connectivity index (χ1v) is 2.58. The first-order chi connectivity index (χ1) is 3.81. The van der Waals surface area contributed by atoms with Crippen molar-refractivity contribution in [1.82, 2.24) is 4.90 Å². The summed E-state index contributed by atoms with van der Waals surface area (Å²) in [4.78, 5) is 1.61. The molecular weight excluding hydrogens is 106 g/mol. The van der Waals surface area contributed by atoms with Crippen LogP contribution in [0.3, 0.4) is 0 Å². The number of hydrogen-bond acceptors (Lipinski definition) is 3. The fourth-order valence-corrected chi connectivity index (χ4v) is 0.395. The lowest BCUT2D eigenvalue weighted by atomic mass is 10.5. The Bertz CT molecular complexity index is 43.7. The summed E-state index contributed by atoms with van der Waals surface area (Å²) in [6.45, 7) is 1.26. The highest BCUT2D eigenvalue weighted by molar-refractivity contribution is 4.50. The van der Waals surface area contributed by atoms with E-state index in [9.17, 15) is 0 Å². The zero-order chi connectivity index (χ0) is 6.41. The summed E-state index contributed by atoms with van der Waals surface area (Å²) in [5.41, 5.74) is 0. The average Bonchev–Trinajstić information content (AvgIpc) is 1.68. The molecule has 0 aromatic heterocycles. The van der Waals surface area contributed by atoms with Gasteiger partial charge in [-0.05, 0) is 13.1 Å². The minimum Gasteiger partial charge on any atom is -0.455 e. The zero-order valence-electron chi connectivity index (χ0n) is 4.88. The molecule has 0 heterocycles. The Morgan fingerprint density at radius 1 is 1.12 bits per heavy atom. The fraction of sp³-hybridized carbons (Fsp3) is 0.800. The lowest BCUT2D eigenvalue weighted by Crippen LogP contribution is -2.22. The van der Waals surface area contributed by atoms with Crippen LogP contribution in [0.25, 0.3) is 0 Å². The third-order valence-corrected chi connectivity index (χ3v) is 0.832. The molecule has 0 saturated carbocycles. The minimum atomic E-state index is 0.101. The van der Waals surface area contributed by atoms with Gasteiger partial charge in [-0.2, -0.15) is 0 Å². The topological polar surface area (TPSA) is 43.7 Å². The van der Waals surface area contributed by atoms with Gasteiger partial charge in [-0.3, -0.25) is 7.05 Å². The van der Waals surface area contributed by atoms with Crippen LogP contribution in [0, 0.1) is 7.05 Å². The Labute approximate surface area is 49.5 Å². The summed E-state index contributed by atoms with van der Waals surface area (Å²) in [7, 11) is 3.53. The van der Waals surface area contributed by atoms with Crippen LogP contribution in [0.1, 0.15) is 0 Å². The first-order valence-electron chi connectivity index (χ1n) is 2.58. The van der Waals surface area contributed by atoms with Gasteiger partial charge in [0.05, 0.1) is 13.2 Å². The molecule has 0 aliphatic rings. The van der Waals surface area contributed by atoms with E-state index in [1.807, 2.05) is 0 Å². The molecule has 50 valence electrons. The van der Waals surface area contributed by atoms with E-state index in [1.165, 1.54) is 0 Å². The molecule has 0 aromatic rings. The van der Waals surface area contributed by atoms with Crippen LogP contribution in [0.15, 0.2) is 0 Å². The van der Waals surface area contributed by atoms with Crippen LogP contribution in [-0.2, 0) is 0 Å². The molecule has 0 aliphatic heterocycles. The monoisotopic (exact) mass is 118 g/mol. The molecule has 0 aromatic carbocycles. The highest BCUT2D eigenvalue weighted by atomic mass is 16.3. The number of aliphatic hydroxyl groups is 2. The molecule has 0 amide bonds. The molecule has 0 fully saturated rings. The van der Waals surface area contributed by atoms with Gasteiger partial charge in [-0.25, -0.2) is 0 Å². The van der Waals surface area contributed by atoms with Gasteiger partial charge >= 0.3 is 0 Å². The van der Waals surface area contributed by atoms with Gasteiger partial charge in [0.1, 0.15) is 0 Å². The smallest absolute Gasteiger partial charge is 0.0534 e. The van der Waals surface area contributed by atoms with Gasteiger partial charge in [-0.1, -0.05) is 0 Å². The van der Waals surface area contributed by atoms with Crippen molar-refractivity contribution in [1.29, 1.82) is 0 Å². The molecule has 0 atom stereocenters. The second-order valence-corrected chi connectivity index (χ2v) is 1.57. The van der Waals surface area contributed by atoms with E-state index in [0.29, 0.717) is 13.1 Å². The lowest BCUT2D eigenvalue weighted by molar-refractivity contribution is 0.197. The van der Waals surface area contributed by atoms with Crippen LogP contribution in [0.5, 0.6) is 0 Å². The molecule has 0 radical (unpaired) electrons. The second kappa shape index (κ2) is 5.03. The summed E-state index contributed by atoms with van der Waals surface area (Å²) in [5.74, 6) is 0. The zero-order valence-corrected chi connectivity index (χ0v) is 4.88. The van der Waals surface area contributed by atoms with E-state index < -0.39 is 0 Å². The molecule has 0 aliphatic carbocycles. The van der Waals surface area contributed by atoms with Gasteiger partial charge in [0.2, 0.25) is 0 Å². The predicted molar refractivity (Wildman–Crippen MR) is 31.1 cm³/mol. The molecule has 0 saturated heterocycles. The summed E-state index contributed by atoms with van der Waals surface area (Å²) < 4.78 is 0. The Morgan fingerprint density at radius 2 is 1.50 bits per heavy atom. The molecular formula is C5H12NO2-. The fourth-order valence-electron chi connectivity index (χ4n) is 0.395. The predicted octanol–water partition coefficient (Wildman–Crippen LogP) is -0.935. The maximum Gasteiger partial charge on any atom is 0.0534 e. The molecule has 0 unspecified atom stereocenters.